The molecule has 0 saturated heterocycles. The molecule has 1 N–H and O–H groups in total. The summed E-state index contributed by atoms with van der Waals surface area (Å²) in [5, 5.41) is 2.93. The molecule has 0 heterocycles. The van der Waals surface area contributed by atoms with Crippen LogP contribution in [0.15, 0.2) is 30.4 Å². The van der Waals surface area contributed by atoms with Crippen LogP contribution in [0.3, 0.4) is 0 Å². The second-order valence-corrected chi connectivity index (χ2v) is 7.47. The van der Waals surface area contributed by atoms with E-state index in [9.17, 15) is 9.59 Å². The van der Waals surface area contributed by atoms with Crippen molar-refractivity contribution in [3.05, 3.63) is 35.9 Å². The molecule has 0 spiro atoms. The van der Waals surface area contributed by atoms with Crippen LogP contribution in [0.2, 0.25) is 0 Å². The summed E-state index contributed by atoms with van der Waals surface area (Å²) >= 11 is 0. The number of benzene rings is 1. The molecule has 6 heteroatoms. The smallest absolute Gasteiger partial charge is 0.415 e. The van der Waals surface area contributed by atoms with Crippen LogP contribution in [0.1, 0.15) is 58.4 Å². The third kappa shape index (κ3) is 10.0. The van der Waals surface area contributed by atoms with E-state index in [0.29, 0.717) is 36.9 Å². The lowest BCUT2D eigenvalue weighted by Gasteiger charge is -2.17. The maximum Gasteiger partial charge on any atom is 0.415 e. The summed E-state index contributed by atoms with van der Waals surface area (Å²) in [7, 11) is 3.22. The van der Waals surface area contributed by atoms with Crippen molar-refractivity contribution in [2.24, 2.45) is 5.92 Å². The third-order valence-electron chi connectivity index (χ3n) is 4.33. The average molecular weight is 405 g/mol. The van der Waals surface area contributed by atoms with Gasteiger partial charge in [-0.3, -0.25) is 4.79 Å². The fraction of sp³-hybridized carbons (Fsp3) is 0.565. The van der Waals surface area contributed by atoms with Gasteiger partial charge in [0.1, 0.15) is 0 Å². The van der Waals surface area contributed by atoms with Gasteiger partial charge in [-0.2, -0.15) is 0 Å². The highest BCUT2D eigenvalue weighted by Crippen LogP contribution is 2.28. The van der Waals surface area contributed by atoms with Gasteiger partial charge in [0.15, 0.2) is 11.5 Å². The van der Waals surface area contributed by atoms with Crippen LogP contribution in [0.5, 0.6) is 11.5 Å². The van der Waals surface area contributed by atoms with Gasteiger partial charge in [-0.15, -0.1) is 0 Å². The molecule has 0 aliphatic carbocycles. The van der Waals surface area contributed by atoms with Gasteiger partial charge in [0, 0.05) is 26.6 Å². The van der Waals surface area contributed by atoms with E-state index in [1.165, 1.54) is 12.0 Å². The van der Waals surface area contributed by atoms with Crippen molar-refractivity contribution in [3.63, 3.8) is 0 Å². The molecule has 0 fully saturated rings. The van der Waals surface area contributed by atoms with Crippen LogP contribution < -0.4 is 14.8 Å². The molecule has 1 rings (SSSR count). The zero-order valence-corrected chi connectivity index (χ0v) is 18.5. The molecule has 0 bridgehead atoms. The Morgan fingerprint density at radius 1 is 1.21 bits per heavy atom. The van der Waals surface area contributed by atoms with Crippen molar-refractivity contribution in [3.8, 4) is 11.5 Å². The molecule has 29 heavy (non-hydrogen) atoms. The Balaban J connectivity index is 2.46. The summed E-state index contributed by atoms with van der Waals surface area (Å²) in [4.78, 5) is 25.6. The summed E-state index contributed by atoms with van der Waals surface area (Å²) < 4.78 is 10.7. The monoisotopic (exact) mass is 404 g/mol. The lowest BCUT2D eigenvalue weighted by Crippen LogP contribution is -2.30. The summed E-state index contributed by atoms with van der Waals surface area (Å²) in [6.07, 6.45) is 8.22. The molecule has 162 valence electrons. The molecule has 0 radical (unpaired) electrons. The molecule has 0 aliphatic heterocycles. The Kier molecular flexibility index (Phi) is 11.5. The number of unbranched alkanes of at least 4 members (excludes halogenated alkanes) is 2. The van der Waals surface area contributed by atoms with E-state index < -0.39 is 6.09 Å². The van der Waals surface area contributed by atoms with Crippen LogP contribution in [-0.4, -0.2) is 37.6 Å². The molecular formula is C23H36N2O4. The summed E-state index contributed by atoms with van der Waals surface area (Å²) in [6, 6.07) is 5.29. The Bertz CT molecular complexity index is 671. The first kappa shape index (κ1) is 24.5. The number of nitrogens with zero attached hydrogens (tertiary/aromatic N) is 1. The Morgan fingerprint density at radius 3 is 2.62 bits per heavy atom. The molecule has 6 nitrogen and oxygen atoms in total. The average Bonchev–Trinajstić information content (AvgIpc) is 2.69. The maximum atomic E-state index is 12.1. The predicted molar refractivity (Wildman–Crippen MR) is 116 cm³/mol. The second kappa shape index (κ2) is 13.6. The topological polar surface area (TPSA) is 67.9 Å². The minimum Gasteiger partial charge on any atom is -0.493 e. The number of carbonyl (C=O) groups is 2. The first-order valence-corrected chi connectivity index (χ1v) is 10.4. The molecule has 0 saturated carbocycles. The molecule has 0 aliphatic rings. The second-order valence-electron chi connectivity index (χ2n) is 7.47. The van der Waals surface area contributed by atoms with E-state index in [4.69, 9.17) is 9.47 Å². The number of amides is 2. The fourth-order valence-corrected chi connectivity index (χ4v) is 2.71. The zero-order valence-electron chi connectivity index (χ0n) is 18.5. The summed E-state index contributed by atoms with van der Waals surface area (Å²) in [6.45, 7) is 7.34. The van der Waals surface area contributed by atoms with E-state index in [-0.39, 0.29) is 5.91 Å². The highest BCUT2D eigenvalue weighted by molar-refractivity contribution is 5.76. The quantitative estimate of drug-likeness (QED) is 0.396. The van der Waals surface area contributed by atoms with E-state index in [2.05, 4.69) is 31.3 Å². The number of methoxy groups -OCH3 is 1. The van der Waals surface area contributed by atoms with Crippen LogP contribution in [-0.2, 0) is 11.3 Å². The van der Waals surface area contributed by atoms with Gasteiger partial charge in [0.2, 0.25) is 5.91 Å². The van der Waals surface area contributed by atoms with E-state index >= 15 is 0 Å². The number of carbonyl (C=O) groups excluding carboxylic acids is 2. The largest absolute Gasteiger partial charge is 0.493 e. The number of nitrogens with one attached hydrogen (secondary N) is 1. The summed E-state index contributed by atoms with van der Waals surface area (Å²) in [5.74, 6) is 1.44. The predicted octanol–water partition coefficient (Wildman–Crippen LogP) is 4.92. The molecule has 1 aromatic rings. The minimum absolute atomic E-state index is 0.0356. The molecule has 2 amide bonds. The minimum atomic E-state index is -0.422. The number of ether oxygens (including phenoxy) is 2. The zero-order chi connectivity index (χ0) is 21.6. The molecule has 1 aromatic carbocycles. The van der Waals surface area contributed by atoms with Crippen LogP contribution in [0, 0.1) is 5.92 Å². The standard InChI is InChI=1S/C23H36N2O4/c1-6-15-25(4)23(27)29-20-14-13-19(16-21(20)28-5)17-24-22(26)12-10-8-7-9-11-18(2)3/h9,11,13-14,16,18H,6-8,10,12,15,17H2,1-5H3,(H,24,26)/b11-9+. The van der Waals surface area contributed by atoms with E-state index in [1.54, 1.807) is 19.2 Å². The number of allylic oxidation sites excluding steroid dienone is 2. The number of hydrogen-bond acceptors (Lipinski definition) is 4. The third-order valence-corrected chi connectivity index (χ3v) is 4.33. The van der Waals surface area contributed by atoms with Crippen molar-refractivity contribution in [2.75, 3.05) is 20.7 Å². The normalized spacial score (nSPS) is 11.0. The SMILES string of the molecule is CCCN(C)C(=O)Oc1ccc(CNC(=O)CCCC/C=C/C(C)C)cc1OC. The van der Waals surface area contributed by atoms with E-state index in [0.717, 1.165) is 31.2 Å². The van der Waals surface area contributed by atoms with Crippen molar-refractivity contribution >= 4 is 12.0 Å². The molecule has 0 unspecified atom stereocenters. The Morgan fingerprint density at radius 2 is 1.97 bits per heavy atom. The fourth-order valence-electron chi connectivity index (χ4n) is 2.71. The van der Waals surface area contributed by atoms with Crippen molar-refractivity contribution in [2.45, 2.75) is 59.4 Å². The lowest BCUT2D eigenvalue weighted by atomic mass is 10.1. The van der Waals surface area contributed by atoms with Gasteiger partial charge in [0.25, 0.3) is 0 Å². The highest BCUT2D eigenvalue weighted by Gasteiger charge is 2.14. The van der Waals surface area contributed by atoms with Gasteiger partial charge in [-0.05, 0) is 49.3 Å². The van der Waals surface area contributed by atoms with Crippen molar-refractivity contribution in [1.29, 1.82) is 0 Å². The Labute approximate surface area is 175 Å². The summed E-state index contributed by atoms with van der Waals surface area (Å²) in [5.41, 5.74) is 0.886. The van der Waals surface area contributed by atoms with Gasteiger partial charge in [-0.1, -0.05) is 39.0 Å². The van der Waals surface area contributed by atoms with Gasteiger partial charge < -0.3 is 19.7 Å². The van der Waals surface area contributed by atoms with Gasteiger partial charge >= 0.3 is 6.09 Å². The van der Waals surface area contributed by atoms with Crippen LogP contribution in [0.4, 0.5) is 4.79 Å². The number of hydrogen-bond donors (Lipinski definition) is 1. The highest BCUT2D eigenvalue weighted by atomic mass is 16.6. The van der Waals surface area contributed by atoms with Gasteiger partial charge in [0.05, 0.1) is 7.11 Å². The first-order chi connectivity index (χ1) is 13.9. The molecular weight excluding hydrogens is 368 g/mol. The number of rotatable bonds is 12. The first-order valence-electron chi connectivity index (χ1n) is 10.4. The molecule has 0 atom stereocenters. The maximum absolute atomic E-state index is 12.1. The van der Waals surface area contributed by atoms with Gasteiger partial charge in [-0.25, -0.2) is 4.79 Å². The van der Waals surface area contributed by atoms with Crippen molar-refractivity contribution in [1.82, 2.24) is 10.2 Å². The lowest BCUT2D eigenvalue weighted by molar-refractivity contribution is -0.121. The Hall–Kier alpha value is -2.50. The van der Waals surface area contributed by atoms with Crippen LogP contribution >= 0.6 is 0 Å². The van der Waals surface area contributed by atoms with Crippen LogP contribution in [0.25, 0.3) is 0 Å². The van der Waals surface area contributed by atoms with Crippen molar-refractivity contribution < 1.29 is 19.1 Å². The van der Waals surface area contributed by atoms with E-state index in [1.807, 2.05) is 13.0 Å². The molecule has 0 aromatic heterocycles.